The van der Waals surface area contributed by atoms with Gasteiger partial charge in [0.2, 0.25) is 5.78 Å². The minimum absolute atomic E-state index is 0.143. The summed E-state index contributed by atoms with van der Waals surface area (Å²) >= 11 is 3.38. The molecule has 2 aromatic rings. The molecule has 0 amide bonds. The molecule has 0 spiro atoms. The van der Waals surface area contributed by atoms with Crippen LogP contribution in [0.1, 0.15) is 23.2 Å². The van der Waals surface area contributed by atoms with Crippen LogP contribution in [0.15, 0.2) is 57.1 Å². The molecule has 0 aliphatic carbocycles. The Bertz CT molecular complexity index is 611. The average Bonchev–Trinajstić information content (AvgIpc) is 2.79. The standard InChI is InChI=1S/C15H14BrNO2/c1-10(17-13-6-4-12(16)5-7-13)9-14(18)15-8-3-11(2)19-15/h3-9,17H,1-2H3/b10-9+. The van der Waals surface area contributed by atoms with Gasteiger partial charge in [0, 0.05) is 21.9 Å². The van der Waals surface area contributed by atoms with Crippen LogP contribution in [0.5, 0.6) is 0 Å². The highest BCUT2D eigenvalue weighted by Gasteiger charge is 2.07. The minimum atomic E-state index is -0.143. The van der Waals surface area contributed by atoms with Crippen LogP contribution in [0.25, 0.3) is 0 Å². The van der Waals surface area contributed by atoms with E-state index < -0.39 is 0 Å². The molecule has 0 radical (unpaired) electrons. The van der Waals surface area contributed by atoms with Gasteiger partial charge in [-0.2, -0.15) is 0 Å². The SMILES string of the molecule is C/C(=C\C(=O)c1ccc(C)o1)Nc1ccc(Br)cc1. The first-order valence-electron chi connectivity index (χ1n) is 5.86. The molecule has 4 heteroatoms. The van der Waals surface area contributed by atoms with Crippen LogP contribution in [0.4, 0.5) is 5.69 Å². The van der Waals surface area contributed by atoms with Crippen molar-refractivity contribution in [3.8, 4) is 0 Å². The van der Waals surface area contributed by atoms with Crippen molar-refractivity contribution in [2.75, 3.05) is 5.32 Å². The van der Waals surface area contributed by atoms with Gasteiger partial charge in [0.05, 0.1) is 0 Å². The molecule has 0 aliphatic rings. The van der Waals surface area contributed by atoms with E-state index in [2.05, 4.69) is 21.2 Å². The zero-order valence-corrected chi connectivity index (χ0v) is 12.3. The quantitative estimate of drug-likeness (QED) is 0.664. The number of furan rings is 1. The Balaban J connectivity index is 2.06. The van der Waals surface area contributed by atoms with Crippen molar-refractivity contribution < 1.29 is 9.21 Å². The third kappa shape index (κ3) is 3.83. The van der Waals surface area contributed by atoms with Crippen LogP contribution in [-0.2, 0) is 0 Å². The molecule has 0 unspecified atom stereocenters. The average molecular weight is 320 g/mol. The van der Waals surface area contributed by atoms with E-state index in [0.29, 0.717) is 5.76 Å². The Hall–Kier alpha value is -1.81. The summed E-state index contributed by atoms with van der Waals surface area (Å²) in [4.78, 5) is 11.9. The van der Waals surface area contributed by atoms with Crippen LogP contribution >= 0.6 is 15.9 Å². The monoisotopic (exact) mass is 319 g/mol. The lowest BCUT2D eigenvalue weighted by Gasteiger charge is -2.05. The number of halogens is 1. The summed E-state index contributed by atoms with van der Waals surface area (Å²) in [5.74, 6) is 0.944. The Morgan fingerprint density at radius 3 is 2.47 bits per heavy atom. The van der Waals surface area contributed by atoms with Crippen LogP contribution in [0, 0.1) is 6.92 Å². The summed E-state index contributed by atoms with van der Waals surface area (Å²) in [5, 5.41) is 3.15. The molecule has 0 atom stereocenters. The number of hydrogen-bond acceptors (Lipinski definition) is 3. The Morgan fingerprint density at radius 1 is 1.21 bits per heavy atom. The maximum atomic E-state index is 11.9. The number of rotatable bonds is 4. The highest BCUT2D eigenvalue weighted by Crippen LogP contribution is 2.16. The largest absolute Gasteiger partial charge is 0.458 e. The van der Waals surface area contributed by atoms with Crippen LogP contribution in [0.2, 0.25) is 0 Å². The molecule has 98 valence electrons. The van der Waals surface area contributed by atoms with Gasteiger partial charge in [0.15, 0.2) is 5.76 Å². The molecule has 0 aliphatic heterocycles. The summed E-state index contributed by atoms with van der Waals surface area (Å²) in [7, 11) is 0. The predicted molar refractivity (Wildman–Crippen MR) is 79.3 cm³/mol. The second-order valence-electron chi connectivity index (χ2n) is 4.23. The maximum absolute atomic E-state index is 11.9. The van der Waals surface area contributed by atoms with Crippen molar-refractivity contribution in [1.82, 2.24) is 0 Å². The highest BCUT2D eigenvalue weighted by molar-refractivity contribution is 9.10. The van der Waals surface area contributed by atoms with E-state index in [1.165, 1.54) is 6.08 Å². The number of allylic oxidation sites excluding steroid dienone is 2. The number of benzene rings is 1. The molecular weight excluding hydrogens is 306 g/mol. The zero-order valence-electron chi connectivity index (χ0n) is 10.7. The molecule has 0 saturated carbocycles. The third-order valence-corrected chi connectivity index (χ3v) is 3.05. The van der Waals surface area contributed by atoms with Gasteiger partial charge in [0.1, 0.15) is 5.76 Å². The Labute approximate surface area is 120 Å². The van der Waals surface area contributed by atoms with E-state index in [-0.39, 0.29) is 5.78 Å². The molecule has 2 rings (SSSR count). The summed E-state index contributed by atoms with van der Waals surface area (Å²) in [6, 6.07) is 11.2. The van der Waals surface area contributed by atoms with Crippen LogP contribution < -0.4 is 5.32 Å². The number of aryl methyl sites for hydroxylation is 1. The number of hydrogen-bond donors (Lipinski definition) is 1. The van der Waals surface area contributed by atoms with E-state index in [9.17, 15) is 4.79 Å². The topological polar surface area (TPSA) is 42.2 Å². The van der Waals surface area contributed by atoms with Crippen LogP contribution in [0.3, 0.4) is 0 Å². The lowest BCUT2D eigenvalue weighted by Crippen LogP contribution is -2.00. The lowest BCUT2D eigenvalue weighted by atomic mass is 10.2. The molecule has 0 bridgehead atoms. The van der Waals surface area contributed by atoms with Gasteiger partial charge in [-0.05, 0) is 50.2 Å². The van der Waals surface area contributed by atoms with Gasteiger partial charge < -0.3 is 9.73 Å². The molecule has 19 heavy (non-hydrogen) atoms. The van der Waals surface area contributed by atoms with Gasteiger partial charge in [-0.1, -0.05) is 15.9 Å². The second kappa shape index (κ2) is 5.89. The van der Waals surface area contributed by atoms with Crippen molar-refractivity contribution >= 4 is 27.4 Å². The van der Waals surface area contributed by atoms with E-state index in [4.69, 9.17) is 4.42 Å². The molecule has 0 fully saturated rings. The molecule has 1 aromatic heterocycles. The Kier molecular flexibility index (Phi) is 4.22. The summed E-state index contributed by atoms with van der Waals surface area (Å²) in [6.07, 6.45) is 1.53. The normalized spacial score (nSPS) is 11.4. The number of carbonyl (C=O) groups is 1. The fourth-order valence-corrected chi connectivity index (χ4v) is 1.90. The zero-order chi connectivity index (χ0) is 13.8. The molecule has 1 N–H and O–H groups in total. The number of nitrogens with one attached hydrogen (secondary N) is 1. The van der Waals surface area contributed by atoms with Crippen molar-refractivity contribution in [1.29, 1.82) is 0 Å². The molecule has 1 heterocycles. The second-order valence-corrected chi connectivity index (χ2v) is 5.15. The van der Waals surface area contributed by atoms with Gasteiger partial charge >= 0.3 is 0 Å². The first-order chi connectivity index (χ1) is 9.04. The lowest BCUT2D eigenvalue weighted by molar-refractivity contribution is 0.102. The van der Waals surface area contributed by atoms with E-state index in [0.717, 1.165) is 21.6 Å². The number of anilines is 1. The van der Waals surface area contributed by atoms with Crippen molar-refractivity contribution in [3.05, 3.63) is 64.2 Å². The summed E-state index contributed by atoms with van der Waals surface area (Å²) < 4.78 is 6.30. The fraction of sp³-hybridized carbons (Fsp3) is 0.133. The fourth-order valence-electron chi connectivity index (χ4n) is 1.63. The molecule has 1 aromatic carbocycles. The summed E-state index contributed by atoms with van der Waals surface area (Å²) in [6.45, 7) is 3.66. The number of ketones is 1. The smallest absolute Gasteiger partial charge is 0.222 e. The van der Waals surface area contributed by atoms with Crippen molar-refractivity contribution in [3.63, 3.8) is 0 Å². The highest BCUT2D eigenvalue weighted by atomic mass is 79.9. The van der Waals surface area contributed by atoms with Gasteiger partial charge in [0.25, 0.3) is 0 Å². The first kappa shape index (κ1) is 13.6. The van der Waals surface area contributed by atoms with E-state index >= 15 is 0 Å². The predicted octanol–water partition coefficient (Wildman–Crippen LogP) is 4.55. The van der Waals surface area contributed by atoms with Crippen molar-refractivity contribution in [2.24, 2.45) is 0 Å². The first-order valence-corrected chi connectivity index (χ1v) is 6.65. The maximum Gasteiger partial charge on any atom is 0.222 e. The third-order valence-electron chi connectivity index (χ3n) is 2.52. The van der Waals surface area contributed by atoms with Gasteiger partial charge in [-0.15, -0.1) is 0 Å². The van der Waals surface area contributed by atoms with Gasteiger partial charge in [-0.25, -0.2) is 0 Å². The Morgan fingerprint density at radius 2 is 1.89 bits per heavy atom. The molecular formula is C15H14BrNO2. The minimum Gasteiger partial charge on any atom is -0.458 e. The van der Waals surface area contributed by atoms with Crippen molar-refractivity contribution in [2.45, 2.75) is 13.8 Å². The van der Waals surface area contributed by atoms with E-state index in [1.807, 2.05) is 38.1 Å². The van der Waals surface area contributed by atoms with E-state index in [1.54, 1.807) is 12.1 Å². The summed E-state index contributed by atoms with van der Waals surface area (Å²) in [5.41, 5.74) is 1.70. The molecule has 0 saturated heterocycles. The van der Waals surface area contributed by atoms with Crippen LogP contribution in [-0.4, -0.2) is 5.78 Å². The number of carbonyl (C=O) groups excluding carboxylic acids is 1. The van der Waals surface area contributed by atoms with Gasteiger partial charge in [-0.3, -0.25) is 4.79 Å². The molecule has 3 nitrogen and oxygen atoms in total.